The maximum absolute atomic E-state index is 12.9. The third kappa shape index (κ3) is 4.53. The number of rotatable bonds is 6. The number of carbonyl (C=O) groups is 2. The molecule has 1 aliphatic carbocycles. The van der Waals surface area contributed by atoms with Crippen molar-refractivity contribution in [3.63, 3.8) is 0 Å². The van der Waals surface area contributed by atoms with Crippen LogP contribution in [0.4, 0.5) is 0 Å². The lowest BCUT2D eigenvalue weighted by molar-refractivity contribution is -0.151. The van der Waals surface area contributed by atoms with Gasteiger partial charge >= 0.3 is 5.97 Å². The van der Waals surface area contributed by atoms with Gasteiger partial charge in [0.15, 0.2) is 5.78 Å². The summed E-state index contributed by atoms with van der Waals surface area (Å²) in [5.74, 6) is -0.994. The second-order valence-corrected chi connectivity index (χ2v) is 7.54. The van der Waals surface area contributed by atoms with Crippen molar-refractivity contribution in [1.29, 1.82) is 0 Å². The Balaban J connectivity index is 1.97. The van der Waals surface area contributed by atoms with Crippen LogP contribution in [0.3, 0.4) is 0 Å². The molecule has 5 heteroatoms. The summed E-state index contributed by atoms with van der Waals surface area (Å²) in [6.07, 6.45) is 2.18. The molecule has 0 spiro atoms. The lowest BCUT2D eigenvalue weighted by Gasteiger charge is -2.29. The van der Waals surface area contributed by atoms with Crippen molar-refractivity contribution in [1.82, 2.24) is 0 Å². The van der Waals surface area contributed by atoms with Gasteiger partial charge in [0.25, 0.3) is 0 Å². The van der Waals surface area contributed by atoms with Gasteiger partial charge < -0.3 is 9.47 Å². The Morgan fingerprint density at radius 3 is 2.32 bits per heavy atom. The third-order valence-electron chi connectivity index (χ3n) is 4.84. The van der Waals surface area contributed by atoms with Crippen LogP contribution >= 0.6 is 15.9 Å². The fraction of sp³-hybridized carbons (Fsp3) is 0.304. The van der Waals surface area contributed by atoms with Crippen molar-refractivity contribution in [2.45, 2.75) is 26.2 Å². The zero-order valence-corrected chi connectivity index (χ0v) is 17.6. The smallest absolute Gasteiger partial charge is 0.317 e. The van der Waals surface area contributed by atoms with Crippen LogP contribution in [-0.4, -0.2) is 25.0 Å². The van der Waals surface area contributed by atoms with Gasteiger partial charge in [-0.2, -0.15) is 0 Å². The largest absolute Gasteiger partial charge is 0.494 e. The molecule has 0 aliphatic heterocycles. The molecule has 0 radical (unpaired) electrons. The van der Waals surface area contributed by atoms with Crippen molar-refractivity contribution in [2.24, 2.45) is 5.92 Å². The van der Waals surface area contributed by atoms with Crippen LogP contribution in [0.1, 0.15) is 37.3 Å². The van der Waals surface area contributed by atoms with Gasteiger partial charge in [-0.3, -0.25) is 9.59 Å². The van der Waals surface area contributed by atoms with Crippen LogP contribution < -0.4 is 4.74 Å². The van der Waals surface area contributed by atoms with E-state index in [4.69, 9.17) is 9.47 Å². The van der Waals surface area contributed by atoms with Crippen molar-refractivity contribution in [3.05, 3.63) is 70.2 Å². The third-order valence-corrected chi connectivity index (χ3v) is 5.37. The molecule has 0 amide bonds. The molecule has 3 rings (SSSR count). The van der Waals surface area contributed by atoms with Crippen molar-refractivity contribution in [3.8, 4) is 5.75 Å². The minimum atomic E-state index is -0.822. The number of ether oxygens (including phenoxy) is 2. The van der Waals surface area contributed by atoms with Gasteiger partial charge in [-0.05, 0) is 67.3 Å². The average Bonchev–Trinajstić information content (AvgIpc) is 2.69. The minimum Gasteiger partial charge on any atom is -0.494 e. The summed E-state index contributed by atoms with van der Waals surface area (Å²) in [7, 11) is 0. The lowest BCUT2D eigenvalue weighted by Crippen LogP contribution is -2.34. The zero-order chi connectivity index (χ0) is 20.1. The van der Waals surface area contributed by atoms with Crippen LogP contribution in [0.2, 0.25) is 0 Å². The number of halogens is 1. The summed E-state index contributed by atoms with van der Waals surface area (Å²) in [5.41, 5.74) is 2.84. The molecule has 0 fully saturated rings. The van der Waals surface area contributed by atoms with Crippen molar-refractivity contribution < 1.29 is 19.1 Å². The predicted octanol–water partition coefficient (Wildman–Crippen LogP) is 5.17. The first-order valence-electron chi connectivity index (χ1n) is 9.43. The number of esters is 1. The number of ketones is 1. The summed E-state index contributed by atoms with van der Waals surface area (Å²) in [6, 6.07) is 15.5. The lowest BCUT2D eigenvalue weighted by atomic mass is 9.73. The topological polar surface area (TPSA) is 52.6 Å². The van der Waals surface area contributed by atoms with Gasteiger partial charge in [0.1, 0.15) is 11.7 Å². The van der Waals surface area contributed by atoms with E-state index < -0.39 is 11.9 Å². The normalized spacial score (nSPS) is 19.1. The van der Waals surface area contributed by atoms with E-state index >= 15 is 0 Å². The monoisotopic (exact) mass is 442 g/mol. The van der Waals surface area contributed by atoms with Gasteiger partial charge in [-0.1, -0.05) is 40.2 Å². The Morgan fingerprint density at radius 1 is 1.04 bits per heavy atom. The van der Waals surface area contributed by atoms with Gasteiger partial charge in [0, 0.05) is 10.4 Å². The minimum absolute atomic E-state index is 0.207. The standard InChI is InChI=1S/C23H23BrO4/c1-3-27-19-11-7-16(8-12-19)20-13-17(15-5-9-18(24)10-6-15)14-21(25)22(20)23(26)28-4-2/h5-12,14,20,22H,3-4,13H2,1-2H3/t20-,22-/m0/s1. The van der Waals surface area contributed by atoms with E-state index in [0.29, 0.717) is 13.0 Å². The van der Waals surface area contributed by atoms with Gasteiger partial charge in [0.05, 0.1) is 13.2 Å². The predicted molar refractivity (Wildman–Crippen MR) is 112 cm³/mol. The first kappa shape index (κ1) is 20.3. The molecule has 28 heavy (non-hydrogen) atoms. The second-order valence-electron chi connectivity index (χ2n) is 6.62. The van der Waals surface area contributed by atoms with E-state index in [1.54, 1.807) is 13.0 Å². The Kier molecular flexibility index (Phi) is 6.68. The Bertz CT molecular complexity index is 868. The molecule has 0 bridgehead atoms. The SMILES string of the molecule is CCOC(=O)[C@@H]1C(=O)C=C(c2ccc(Br)cc2)C[C@H]1c1ccc(OCC)cc1. The van der Waals surface area contributed by atoms with Gasteiger partial charge in [-0.15, -0.1) is 0 Å². The number of benzene rings is 2. The van der Waals surface area contributed by atoms with Crippen LogP contribution in [-0.2, 0) is 14.3 Å². The quantitative estimate of drug-likeness (QED) is 0.457. The van der Waals surface area contributed by atoms with Crippen molar-refractivity contribution in [2.75, 3.05) is 13.2 Å². The molecule has 4 nitrogen and oxygen atoms in total. The highest BCUT2D eigenvalue weighted by atomic mass is 79.9. The Morgan fingerprint density at radius 2 is 1.71 bits per heavy atom. The molecule has 2 aromatic rings. The average molecular weight is 443 g/mol. The molecule has 0 N–H and O–H groups in total. The summed E-state index contributed by atoms with van der Waals surface area (Å²) in [4.78, 5) is 25.4. The summed E-state index contributed by atoms with van der Waals surface area (Å²) < 4.78 is 11.7. The van der Waals surface area contributed by atoms with E-state index in [0.717, 1.165) is 26.9 Å². The molecule has 0 heterocycles. The summed E-state index contributed by atoms with van der Waals surface area (Å²) in [6.45, 7) is 4.52. The maximum Gasteiger partial charge on any atom is 0.317 e. The maximum atomic E-state index is 12.9. The van der Waals surface area contributed by atoms with E-state index in [1.165, 1.54) is 0 Å². The fourth-order valence-corrected chi connectivity index (χ4v) is 3.80. The highest BCUT2D eigenvalue weighted by Crippen LogP contribution is 2.40. The highest BCUT2D eigenvalue weighted by Gasteiger charge is 2.39. The van der Waals surface area contributed by atoms with Crippen LogP contribution in [0.25, 0.3) is 5.57 Å². The van der Waals surface area contributed by atoms with E-state index in [2.05, 4.69) is 15.9 Å². The molecule has 2 atom stereocenters. The molecule has 0 unspecified atom stereocenters. The molecule has 0 saturated carbocycles. The first-order chi connectivity index (χ1) is 13.5. The fourth-order valence-electron chi connectivity index (χ4n) is 3.54. The Labute approximate surface area is 173 Å². The number of allylic oxidation sites excluding steroid dienone is 2. The van der Waals surface area contributed by atoms with E-state index in [1.807, 2.05) is 55.5 Å². The first-order valence-corrected chi connectivity index (χ1v) is 10.2. The number of hydrogen-bond acceptors (Lipinski definition) is 4. The highest BCUT2D eigenvalue weighted by molar-refractivity contribution is 9.10. The summed E-state index contributed by atoms with van der Waals surface area (Å²) in [5, 5.41) is 0. The Hall–Kier alpha value is -2.40. The molecule has 0 aromatic heterocycles. The molecule has 146 valence electrons. The molecular formula is C23H23BrO4. The van der Waals surface area contributed by atoms with Crippen molar-refractivity contribution >= 4 is 33.3 Å². The summed E-state index contributed by atoms with van der Waals surface area (Å²) >= 11 is 3.44. The van der Waals surface area contributed by atoms with Crippen LogP contribution in [0, 0.1) is 5.92 Å². The molecule has 1 aliphatic rings. The van der Waals surface area contributed by atoms with Crippen LogP contribution in [0.15, 0.2) is 59.1 Å². The van der Waals surface area contributed by atoms with E-state index in [9.17, 15) is 9.59 Å². The zero-order valence-electron chi connectivity index (χ0n) is 16.0. The molecule has 0 saturated heterocycles. The molecule has 2 aromatic carbocycles. The van der Waals surface area contributed by atoms with Gasteiger partial charge in [0.2, 0.25) is 0 Å². The van der Waals surface area contributed by atoms with E-state index in [-0.39, 0.29) is 18.3 Å². The number of hydrogen-bond donors (Lipinski definition) is 0. The number of carbonyl (C=O) groups excluding carboxylic acids is 2. The second kappa shape index (κ2) is 9.20. The molecular weight excluding hydrogens is 420 g/mol. The van der Waals surface area contributed by atoms with Crippen LogP contribution in [0.5, 0.6) is 5.75 Å². The van der Waals surface area contributed by atoms with Gasteiger partial charge in [-0.25, -0.2) is 0 Å².